The van der Waals surface area contributed by atoms with Crippen LogP contribution in [0.5, 0.6) is 5.75 Å². The van der Waals surface area contributed by atoms with Gasteiger partial charge in [-0.1, -0.05) is 24.3 Å². The minimum atomic E-state index is -0.737. The third-order valence-electron chi connectivity index (χ3n) is 6.57. The third-order valence-corrected chi connectivity index (χ3v) is 6.57. The van der Waals surface area contributed by atoms with Crippen molar-refractivity contribution < 1.29 is 13.9 Å². The number of nitrogens with two attached hydrogens (primary N) is 2. The number of primary amides is 1. The first-order valence-corrected chi connectivity index (χ1v) is 11.6. The molecule has 1 fully saturated rings. The van der Waals surface area contributed by atoms with Crippen LogP contribution in [0, 0.1) is 5.82 Å². The Morgan fingerprint density at radius 1 is 1.17 bits per heavy atom. The van der Waals surface area contributed by atoms with Crippen LogP contribution in [0.4, 0.5) is 10.2 Å². The first-order valence-electron chi connectivity index (χ1n) is 11.6. The monoisotopic (exact) mass is 474 g/mol. The summed E-state index contributed by atoms with van der Waals surface area (Å²) in [5, 5.41) is 11.4. The van der Waals surface area contributed by atoms with Crippen LogP contribution >= 0.6 is 0 Å². The zero-order valence-corrected chi connectivity index (χ0v) is 19.4. The van der Waals surface area contributed by atoms with Gasteiger partial charge in [-0.25, -0.2) is 4.39 Å². The van der Waals surface area contributed by atoms with Gasteiger partial charge in [0.05, 0.1) is 29.3 Å². The standard InChI is InChI=1S/C26H27FN6O2/c1-35-24-17(11-18(27)12-19(24)26(29)34)10-14-2-4-16(5-3-14)23-22-21(32-33-25(22)28)13-20(31-23)15-6-8-30-9-7-15/h2-5,11-13,15,30H,6-10H2,1H3,(H2,29,34)(H3,28,32,33). The Bertz CT molecular complexity index is 1390. The number of hydrogen-bond acceptors (Lipinski definition) is 6. The van der Waals surface area contributed by atoms with Crippen molar-refractivity contribution in [3.63, 3.8) is 0 Å². The third kappa shape index (κ3) is 4.42. The van der Waals surface area contributed by atoms with Crippen molar-refractivity contribution in [3.05, 3.63) is 70.7 Å². The molecule has 5 rings (SSSR count). The van der Waals surface area contributed by atoms with E-state index in [2.05, 4.69) is 21.6 Å². The van der Waals surface area contributed by atoms with Gasteiger partial charge in [-0.05, 0) is 49.7 Å². The molecule has 0 atom stereocenters. The molecule has 0 saturated carbocycles. The first-order chi connectivity index (χ1) is 16.9. The van der Waals surface area contributed by atoms with Gasteiger partial charge < -0.3 is 21.5 Å². The lowest BCUT2D eigenvalue weighted by atomic mass is 9.92. The summed E-state index contributed by atoms with van der Waals surface area (Å²) in [5.74, 6) is -0.204. The van der Waals surface area contributed by atoms with Gasteiger partial charge in [-0.2, -0.15) is 5.10 Å². The zero-order valence-electron chi connectivity index (χ0n) is 19.4. The minimum Gasteiger partial charge on any atom is -0.496 e. The number of piperidine rings is 1. The molecule has 0 aliphatic carbocycles. The summed E-state index contributed by atoms with van der Waals surface area (Å²) in [5.41, 5.74) is 16.7. The first kappa shape index (κ1) is 22.8. The summed E-state index contributed by atoms with van der Waals surface area (Å²) >= 11 is 0. The van der Waals surface area contributed by atoms with Crippen LogP contribution in [0.15, 0.2) is 42.5 Å². The van der Waals surface area contributed by atoms with E-state index < -0.39 is 11.7 Å². The molecule has 35 heavy (non-hydrogen) atoms. The Hall–Kier alpha value is -3.98. The molecule has 8 nitrogen and oxygen atoms in total. The quantitative estimate of drug-likeness (QED) is 0.338. The van der Waals surface area contributed by atoms with Gasteiger partial charge in [-0.3, -0.25) is 14.9 Å². The van der Waals surface area contributed by atoms with Crippen LogP contribution < -0.4 is 21.5 Å². The van der Waals surface area contributed by atoms with Crippen molar-refractivity contribution >= 4 is 22.6 Å². The normalized spacial score (nSPS) is 14.3. The van der Waals surface area contributed by atoms with E-state index >= 15 is 0 Å². The predicted octanol–water partition coefficient (Wildman–Crippen LogP) is 3.51. The minimum absolute atomic E-state index is 0.0240. The Morgan fingerprint density at radius 3 is 2.60 bits per heavy atom. The maximum atomic E-state index is 14.1. The summed E-state index contributed by atoms with van der Waals surface area (Å²) in [6, 6.07) is 12.3. The molecule has 0 unspecified atom stereocenters. The number of anilines is 1. The number of nitrogens with zero attached hydrogens (tertiary/aromatic N) is 2. The molecule has 1 aliphatic heterocycles. The van der Waals surface area contributed by atoms with Gasteiger partial charge in [0, 0.05) is 29.2 Å². The maximum absolute atomic E-state index is 14.1. The van der Waals surface area contributed by atoms with Crippen LogP contribution in [0.3, 0.4) is 0 Å². The summed E-state index contributed by atoms with van der Waals surface area (Å²) < 4.78 is 19.5. The van der Waals surface area contributed by atoms with Crippen molar-refractivity contribution in [2.45, 2.75) is 25.2 Å². The lowest BCUT2D eigenvalue weighted by Crippen LogP contribution is -2.27. The number of fused-ring (bicyclic) bond motifs is 1. The van der Waals surface area contributed by atoms with E-state index in [1.807, 2.05) is 24.3 Å². The van der Waals surface area contributed by atoms with E-state index in [1.54, 1.807) is 0 Å². The van der Waals surface area contributed by atoms with Gasteiger partial charge >= 0.3 is 0 Å². The molecule has 9 heteroatoms. The molecule has 1 saturated heterocycles. The fraction of sp³-hybridized carbons (Fsp3) is 0.269. The number of nitrogen functional groups attached to an aromatic ring is 1. The molecular weight excluding hydrogens is 447 g/mol. The highest BCUT2D eigenvalue weighted by Crippen LogP contribution is 2.35. The Balaban J connectivity index is 1.50. The number of H-pyrrole nitrogens is 1. The van der Waals surface area contributed by atoms with Crippen LogP contribution in [0.2, 0.25) is 0 Å². The van der Waals surface area contributed by atoms with Crippen molar-refractivity contribution in [1.29, 1.82) is 0 Å². The van der Waals surface area contributed by atoms with E-state index in [1.165, 1.54) is 13.2 Å². The average molecular weight is 475 g/mol. The smallest absolute Gasteiger partial charge is 0.252 e. The van der Waals surface area contributed by atoms with Gasteiger partial charge in [-0.15, -0.1) is 0 Å². The number of nitrogens with one attached hydrogen (secondary N) is 2. The highest BCUT2D eigenvalue weighted by molar-refractivity contribution is 6.00. The topological polar surface area (TPSA) is 132 Å². The number of halogens is 1. The number of rotatable bonds is 6. The SMILES string of the molecule is COc1c(Cc2ccc(-c3nc(C4CCNCC4)cc4[nH]nc(N)c34)cc2)cc(F)cc1C(N)=O. The van der Waals surface area contributed by atoms with E-state index in [0.717, 1.165) is 65.4 Å². The highest BCUT2D eigenvalue weighted by atomic mass is 19.1. The van der Waals surface area contributed by atoms with Crippen molar-refractivity contribution in [3.8, 4) is 17.0 Å². The van der Waals surface area contributed by atoms with Crippen LogP contribution in [0.25, 0.3) is 22.2 Å². The van der Waals surface area contributed by atoms with Crippen LogP contribution in [0.1, 0.15) is 45.9 Å². The van der Waals surface area contributed by atoms with Crippen molar-refractivity contribution in [2.75, 3.05) is 25.9 Å². The van der Waals surface area contributed by atoms with Crippen molar-refractivity contribution in [2.24, 2.45) is 5.73 Å². The number of aromatic amines is 1. The maximum Gasteiger partial charge on any atom is 0.252 e. The zero-order chi connectivity index (χ0) is 24.5. The summed E-state index contributed by atoms with van der Waals surface area (Å²) in [6.45, 7) is 1.95. The van der Waals surface area contributed by atoms with Gasteiger partial charge in [0.1, 0.15) is 11.6 Å². The Labute approximate surface area is 201 Å². The fourth-order valence-corrected chi connectivity index (χ4v) is 4.83. The lowest BCUT2D eigenvalue weighted by molar-refractivity contribution is 0.0996. The largest absolute Gasteiger partial charge is 0.496 e. The number of pyridine rings is 1. The molecule has 1 aliphatic rings. The predicted molar refractivity (Wildman–Crippen MR) is 133 cm³/mol. The molecule has 4 aromatic rings. The summed E-state index contributed by atoms with van der Waals surface area (Å²) in [7, 11) is 1.44. The fourth-order valence-electron chi connectivity index (χ4n) is 4.83. The average Bonchev–Trinajstić information content (AvgIpc) is 3.25. The molecular formula is C26H27FN6O2. The molecule has 0 radical (unpaired) electrons. The van der Waals surface area contributed by atoms with Gasteiger partial charge in [0.15, 0.2) is 5.82 Å². The molecule has 2 aromatic heterocycles. The lowest BCUT2D eigenvalue weighted by Gasteiger charge is -2.22. The molecule has 0 bridgehead atoms. The number of hydrogen-bond donors (Lipinski definition) is 4. The second kappa shape index (κ2) is 9.34. The van der Waals surface area contributed by atoms with Gasteiger partial charge in [0.25, 0.3) is 5.91 Å². The highest BCUT2D eigenvalue weighted by Gasteiger charge is 2.21. The van der Waals surface area contributed by atoms with Crippen LogP contribution in [-0.4, -0.2) is 41.3 Å². The molecule has 180 valence electrons. The summed E-state index contributed by atoms with van der Waals surface area (Å²) in [4.78, 5) is 16.8. The number of carbonyl (C=O) groups is 1. The molecule has 2 aromatic carbocycles. The molecule has 3 heterocycles. The number of methoxy groups -OCH3 is 1. The number of ether oxygens (including phenoxy) is 1. The number of carbonyl (C=O) groups excluding carboxylic acids is 1. The molecule has 1 amide bonds. The van der Waals surface area contributed by atoms with E-state index in [9.17, 15) is 9.18 Å². The molecule has 0 spiro atoms. The number of amides is 1. The summed E-state index contributed by atoms with van der Waals surface area (Å²) in [6.07, 6.45) is 2.43. The van der Waals surface area contributed by atoms with Crippen molar-refractivity contribution in [1.82, 2.24) is 20.5 Å². The Morgan fingerprint density at radius 2 is 1.91 bits per heavy atom. The number of benzene rings is 2. The number of aromatic nitrogens is 3. The van der Waals surface area contributed by atoms with E-state index in [4.69, 9.17) is 21.2 Å². The van der Waals surface area contributed by atoms with Gasteiger partial charge in [0.2, 0.25) is 0 Å². The Kier molecular flexibility index (Phi) is 6.08. The van der Waals surface area contributed by atoms with E-state index in [-0.39, 0.29) is 11.3 Å². The second-order valence-electron chi connectivity index (χ2n) is 8.84. The molecule has 6 N–H and O–H groups in total. The van der Waals surface area contributed by atoms with Crippen LogP contribution in [-0.2, 0) is 6.42 Å². The van der Waals surface area contributed by atoms with E-state index in [0.29, 0.717) is 23.7 Å². The second-order valence-corrected chi connectivity index (χ2v) is 8.84.